The maximum Gasteiger partial charge on any atom is 0.339 e. The van der Waals surface area contributed by atoms with Crippen LogP contribution in [0.25, 0.3) is 0 Å². The average molecular weight is 661 g/mol. The Morgan fingerprint density at radius 1 is 0.562 bits per heavy atom. The first-order valence-electron chi connectivity index (χ1n) is 14.6. The number of carbonyl (C=O) groups excluding carboxylic acids is 2. The van der Waals surface area contributed by atoms with E-state index in [0.717, 1.165) is 24.3 Å². The molecule has 1 saturated heterocycles. The highest BCUT2D eigenvalue weighted by Crippen LogP contribution is 2.27. The van der Waals surface area contributed by atoms with Crippen molar-refractivity contribution in [1.82, 2.24) is 9.80 Å². The van der Waals surface area contributed by atoms with Crippen LogP contribution in [0.3, 0.4) is 0 Å². The van der Waals surface area contributed by atoms with Crippen LogP contribution in [0.5, 0.6) is 11.5 Å². The minimum absolute atomic E-state index is 0.193. The quantitative estimate of drug-likeness (QED) is 0.119. The lowest BCUT2D eigenvalue weighted by Crippen LogP contribution is -2.59. The van der Waals surface area contributed by atoms with Gasteiger partial charge >= 0.3 is 11.9 Å². The van der Waals surface area contributed by atoms with Gasteiger partial charge in [0.05, 0.1) is 0 Å². The van der Waals surface area contributed by atoms with Crippen molar-refractivity contribution in [3.05, 3.63) is 119 Å². The van der Waals surface area contributed by atoms with Crippen LogP contribution in [0, 0.1) is 11.6 Å². The molecule has 6 N–H and O–H groups in total. The summed E-state index contributed by atoms with van der Waals surface area (Å²) in [5.74, 6) is -5.63. The van der Waals surface area contributed by atoms with Crippen molar-refractivity contribution < 1.29 is 48.4 Å². The SMILES string of the molecule is O=C(O)c1ccc(NC(C(=O)c2ccc(F)cc2)N2CCN(C(Nc3ccc(C(=O)O)c(O)c3)C(=O)c3ccc(F)cc3)CC2)cc1O. The zero-order valence-corrected chi connectivity index (χ0v) is 25.1. The van der Waals surface area contributed by atoms with Crippen LogP contribution in [-0.2, 0) is 0 Å². The van der Waals surface area contributed by atoms with E-state index < -0.39 is 59.0 Å². The number of halogens is 2. The number of piperazine rings is 1. The maximum absolute atomic E-state index is 13.7. The van der Waals surface area contributed by atoms with E-state index in [0.29, 0.717) is 0 Å². The molecule has 0 bridgehead atoms. The third-order valence-corrected chi connectivity index (χ3v) is 7.90. The standard InChI is InChI=1S/C34H30F2N4O8/c35-21-5-1-19(2-6-21)29(43)31(37-23-9-11-25(33(45)46)27(41)17-23)39-13-15-40(16-14-39)32(30(44)20-3-7-22(36)8-4-20)38-24-10-12-26(34(47)48)28(42)18-24/h1-12,17-18,31-32,37-38,41-42H,13-16H2,(H,45,46)(H,47,48). The first-order chi connectivity index (χ1) is 22.9. The van der Waals surface area contributed by atoms with Gasteiger partial charge in [-0.25, -0.2) is 18.4 Å². The first-order valence-corrected chi connectivity index (χ1v) is 14.6. The third kappa shape index (κ3) is 7.57. The zero-order valence-electron chi connectivity index (χ0n) is 25.1. The molecule has 0 aromatic heterocycles. The summed E-state index contributed by atoms with van der Waals surface area (Å²) in [6.07, 6.45) is -2.10. The van der Waals surface area contributed by atoms with Crippen LogP contribution >= 0.6 is 0 Å². The minimum Gasteiger partial charge on any atom is -0.507 e. The molecule has 48 heavy (non-hydrogen) atoms. The van der Waals surface area contributed by atoms with Gasteiger partial charge in [-0.15, -0.1) is 0 Å². The van der Waals surface area contributed by atoms with Gasteiger partial charge in [0.15, 0.2) is 11.6 Å². The van der Waals surface area contributed by atoms with Crippen LogP contribution in [-0.4, -0.2) is 92.2 Å². The maximum atomic E-state index is 13.7. The molecule has 0 aliphatic carbocycles. The van der Waals surface area contributed by atoms with Crippen molar-refractivity contribution in [2.24, 2.45) is 0 Å². The van der Waals surface area contributed by atoms with Gasteiger partial charge in [-0.2, -0.15) is 0 Å². The predicted molar refractivity (Wildman–Crippen MR) is 170 cm³/mol. The van der Waals surface area contributed by atoms with Gasteiger partial charge < -0.3 is 31.1 Å². The second kappa shape index (κ2) is 14.3. The highest BCUT2D eigenvalue weighted by atomic mass is 19.1. The van der Waals surface area contributed by atoms with Crippen molar-refractivity contribution in [2.45, 2.75) is 12.3 Å². The normalized spacial score (nSPS) is 14.9. The highest BCUT2D eigenvalue weighted by Gasteiger charge is 2.35. The van der Waals surface area contributed by atoms with E-state index in [1.807, 2.05) is 0 Å². The largest absolute Gasteiger partial charge is 0.507 e. The summed E-state index contributed by atoms with van der Waals surface area (Å²) in [6, 6.07) is 17.5. The molecule has 248 valence electrons. The lowest BCUT2D eigenvalue weighted by atomic mass is 10.0. The number of rotatable bonds is 12. The number of nitrogens with one attached hydrogen (secondary N) is 2. The van der Waals surface area contributed by atoms with Gasteiger partial charge in [-0.1, -0.05) is 0 Å². The molecular formula is C34H30F2N4O8. The van der Waals surface area contributed by atoms with Gasteiger partial charge in [0.1, 0.15) is 46.6 Å². The number of hydrogen-bond acceptors (Lipinski definition) is 10. The van der Waals surface area contributed by atoms with E-state index in [2.05, 4.69) is 10.6 Å². The molecule has 5 rings (SSSR count). The number of aromatic carboxylic acids is 2. The smallest absolute Gasteiger partial charge is 0.339 e. The summed E-state index contributed by atoms with van der Waals surface area (Å²) in [7, 11) is 0. The molecule has 0 spiro atoms. The first kappa shape index (κ1) is 33.5. The molecule has 1 heterocycles. The summed E-state index contributed by atoms with van der Waals surface area (Å²) in [4.78, 5) is 53.8. The molecule has 14 heteroatoms. The molecule has 4 aromatic rings. The fourth-order valence-corrected chi connectivity index (χ4v) is 5.36. The zero-order chi connectivity index (χ0) is 34.5. The van der Waals surface area contributed by atoms with Crippen molar-refractivity contribution in [1.29, 1.82) is 0 Å². The van der Waals surface area contributed by atoms with Gasteiger partial charge in [0, 0.05) is 60.8 Å². The molecule has 0 amide bonds. The minimum atomic E-state index is -1.33. The number of ketones is 2. The Labute approximate surface area is 272 Å². The monoisotopic (exact) mass is 660 g/mol. The van der Waals surface area contributed by atoms with Crippen LogP contribution in [0.2, 0.25) is 0 Å². The fourth-order valence-electron chi connectivity index (χ4n) is 5.36. The molecule has 1 fully saturated rings. The van der Waals surface area contributed by atoms with Crippen molar-refractivity contribution in [3.8, 4) is 11.5 Å². The van der Waals surface area contributed by atoms with E-state index in [1.54, 1.807) is 9.80 Å². The number of Topliss-reactive ketones (excluding diaryl/α,β-unsaturated/α-hetero) is 2. The molecule has 2 atom stereocenters. The van der Waals surface area contributed by atoms with Crippen molar-refractivity contribution >= 4 is 34.9 Å². The predicted octanol–water partition coefficient (Wildman–Crippen LogP) is 4.33. The highest BCUT2D eigenvalue weighted by molar-refractivity contribution is 6.02. The van der Waals surface area contributed by atoms with Crippen LogP contribution in [0.4, 0.5) is 20.2 Å². The summed E-state index contributed by atoms with van der Waals surface area (Å²) in [6.45, 7) is 0.841. The Morgan fingerprint density at radius 3 is 1.19 bits per heavy atom. The van der Waals surface area contributed by atoms with Gasteiger partial charge in [-0.3, -0.25) is 19.4 Å². The van der Waals surface area contributed by atoms with Crippen LogP contribution in [0.15, 0.2) is 84.9 Å². The number of phenols is 2. The molecule has 0 saturated carbocycles. The van der Waals surface area contributed by atoms with Gasteiger partial charge in [0.25, 0.3) is 0 Å². The lowest BCUT2D eigenvalue weighted by molar-refractivity contribution is 0.0577. The van der Waals surface area contributed by atoms with E-state index in [-0.39, 0.29) is 59.8 Å². The Balaban J connectivity index is 1.41. The Bertz CT molecular complexity index is 1710. The number of hydrogen-bond donors (Lipinski definition) is 6. The summed E-state index contributed by atoms with van der Waals surface area (Å²) >= 11 is 0. The second-order valence-corrected chi connectivity index (χ2v) is 11.0. The summed E-state index contributed by atoms with van der Waals surface area (Å²) < 4.78 is 27.3. The molecule has 0 radical (unpaired) electrons. The summed E-state index contributed by atoms with van der Waals surface area (Å²) in [5.41, 5.74) is 0.223. The van der Waals surface area contributed by atoms with E-state index >= 15 is 0 Å². The number of aromatic hydroxyl groups is 2. The second-order valence-electron chi connectivity index (χ2n) is 11.0. The Hall–Kier alpha value is -5.86. The molecule has 12 nitrogen and oxygen atoms in total. The van der Waals surface area contributed by atoms with Gasteiger partial charge in [0.2, 0.25) is 0 Å². The topological polar surface area (TPSA) is 180 Å². The van der Waals surface area contributed by atoms with E-state index in [9.17, 15) is 48.4 Å². The number of carbonyl (C=O) groups is 4. The number of nitrogens with zero attached hydrogens (tertiary/aromatic N) is 2. The van der Waals surface area contributed by atoms with Crippen molar-refractivity contribution in [3.63, 3.8) is 0 Å². The van der Waals surface area contributed by atoms with E-state index in [1.165, 1.54) is 60.7 Å². The molecule has 2 unspecified atom stereocenters. The lowest BCUT2D eigenvalue weighted by Gasteiger charge is -2.42. The number of carboxylic acid groups (broad SMARTS) is 2. The number of carboxylic acids is 2. The van der Waals surface area contributed by atoms with E-state index in [4.69, 9.17) is 0 Å². The molecule has 1 aliphatic rings. The molecule has 1 aliphatic heterocycles. The fraction of sp³-hybridized carbons (Fsp3) is 0.176. The third-order valence-electron chi connectivity index (χ3n) is 7.90. The van der Waals surface area contributed by atoms with Crippen LogP contribution < -0.4 is 10.6 Å². The Morgan fingerprint density at radius 2 is 0.896 bits per heavy atom. The summed E-state index contributed by atoms with van der Waals surface area (Å²) in [5, 5.41) is 45.1. The van der Waals surface area contributed by atoms with Crippen molar-refractivity contribution in [2.75, 3.05) is 36.8 Å². The molecular weight excluding hydrogens is 630 g/mol. The average Bonchev–Trinajstić information content (AvgIpc) is 3.06. The van der Waals surface area contributed by atoms with Crippen LogP contribution in [0.1, 0.15) is 41.4 Å². The Kier molecular flexibility index (Phi) is 9.96. The molecule has 4 aromatic carbocycles. The van der Waals surface area contributed by atoms with Gasteiger partial charge in [-0.05, 0) is 72.8 Å². The number of benzene rings is 4. The number of anilines is 2.